The maximum absolute atomic E-state index is 13.4. The second kappa shape index (κ2) is 8.59. The Morgan fingerprint density at radius 1 is 1.06 bits per heavy atom. The van der Waals surface area contributed by atoms with E-state index in [9.17, 15) is 4.79 Å². The second-order valence-corrected chi connectivity index (χ2v) is 8.32. The van der Waals surface area contributed by atoms with E-state index in [-0.39, 0.29) is 11.9 Å². The Bertz CT molecular complexity index is 1330. The lowest BCUT2D eigenvalue weighted by molar-refractivity contribution is 0.102. The topological polar surface area (TPSA) is 105 Å². The standard InChI is InChI=1S/C24H25N7O2/c1-14-11-31(12-15(2)28-14)20-9-8-17(21-18(20)10-25-24(29-21)33-3)23(32)30-22-16-6-4-5-7-19(16)26-13-27-22/h4-10,13-15,28H,11-12H2,1-3H3,(H,26,27,30,32)/t14-,15-/m1/s1. The lowest BCUT2D eigenvalue weighted by atomic mass is 10.0. The first-order valence-electron chi connectivity index (χ1n) is 10.9. The number of piperazine rings is 1. The minimum atomic E-state index is -0.307. The number of hydrogen-bond donors (Lipinski definition) is 2. The third-order valence-electron chi connectivity index (χ3n) is 5.81. The van der Waals surface area contributed by atoms with Crippen molar-refractivity contribution in [1.82, 2.24) is 25.3 Å². The van der Waals surface area contributed by atoms with Crippen molar-refractivity contribution in [3.63, 3.8) is 0 Å². The zero-order valence-corrected chi connectivity index (χ0v) is 18.7. The van der Waals surface area contributed by atoms with Gasteiger partial charge in [0, 0.05) is 47.8 Å². The van der Waals surface area contributed by atoms with Gasteiger partial charge in [-0.3, -0.25) is 4.79 Å². The molecule has 0 spiro atoms. The molecule has 1 aliphatic heterocycles. The summed E-state index contributed by atoms with van der Waals surface area (Å²) >= 11 is 0. The van der Waals surface area contributed by atoms with Crippen molar-refractivity contribution in [3.05, 3.63) is 54.5 Å². The molecule has 9 heteroatoms. The molecule has 0 bridgehead atoms. The summed E-state index contributed by atoms with van der Waals surface area (Å²) in [6.45, 7) is 6.03. The van der Waals surface area contributed by atoms with Gasteiger partial charge in [0.1, 0.15) is 12.1 Å². The highest BCUT2D eigenvalue weighted by Gasteiger charge is 2.25. The van der Waals surface area contributed by atoms with Crippen LogP contribution in [0.5, 0.6) is 6.01 Å². The monoisotopic (exact) mass is 443 g/mol. The van der Waals surface area contributed by atoms with Crippen molar-refractivity contribution in [2.75, 3.05) is 30.4 Å². The molecule has 4 aromatic rings. The summed E-state index contributed by atoms with van der Waals surface area (Å²) < 4.78 is 5.25. The number of para-hydroxylation sites is 1. The van der Waals surface area contributed by atoms with Crippen LogP contribution in [-0.2, 0) is 0 Å². The largest absolute Gasteiger partial charge is 0.467 e. The Morgan fingerprint density at radius 2 is 1.85 bits per heavy atom. The number of carbonyl (C=O) groups excluding carboxylic acids is 1. The van der Waals surface area contributed by atoms with Crippen LogP contribution in [0.3, 0.4) is 0 Å². The number of carbonyl (C=O) groups is 1. The van der Waals surface area contributed by atoms with E-state index in [1.165, 1.54) is 13.4 Å². The first-order valence-corrected chi connectivity index (χ1v) is 10.9. The molecule has 0 saturated carbocycles. The van der Waals surface area contributed by atoms with Gasteiger partial charge in [-0.15, -0.1) is 0 Å². The van der Waals surface area contributed by atoms with Crippen LogP contribution in [0.15, 0.2) is 48.9 Å². The molecule has 0 aliphatic carbocycles. The minimum Gasteiger partial charge on any atom is -0.467 e. The third-order valence-corrected chi connectivity index (χ3v) is 5.81. The van der Waals surface area contributed by atoms with Crippen molar-refractivity contribution >= 4 is 39.2 Å². The fourth-order valence-corrected chi connectivity index (χ4v) is 4.45. The van der Waals surface area contributed by atoms with Gasteiger partial charge in [-0.25, -0.2) is 15.0 Å². The molecule has 1 amide bonds. The van der Waals surface area contributed by atoms with Gasteiger partial charge in [0.2, 0.25) is 0 Å². The summed E-state index contributed by atoms with van der Waals surface area (Å²) in [7, 11) is 1.51. The molecule has 9 nitrogen and oxygen atoms in total. The molecule has 2 aromatic heterocycles. The van der Waals surface area contributed by atoms with Gasteiger partial charge in [0.15, 0.2) is 0 Å². The summed E-state index contributed by atoms with van der Waals surface area (Å²) in [5, 5.41) is 8.05. The maximum Gasteiger partial charge on any atom is 0.316 e. The Labute approximate surface area is 191 Å². The van der Waals surface area contributed by atoms with Crippen LogP contribution in [-0.4, -0.2) is 58.1 Å². The molecule has 33 heavy (non-hydrogen) atoms. The van der Waals surface area contributed by atoms with Gasteiger partial charge in [-0.1, -0.05) is 12.1 Å². The number of methoxy groups -OCH3 is 1. The van der Waals surface area contributed by atoms with E-state index >= 15 is 0 Å². The molecule has 2 N–H and O–H groups in total. The second-order valence-electron chi connectivity index (χ2n) is 8.32. The first kappa shape index (κ1) is 21.0. The van der Waals surface area contributed by atoms with E-state index in [2.05, 4.69) is 49.3 Å². The number of rotatable bonds is 4. The zero-order chi connectivity index (χ0) is 22.9. The molecule has 2 atom stereocenters. The molecule has 0 unspecified atom stereocenters. The zero-order valence-electron chi connectivity index (χ0n) is 18.7. The Hall–Kier alpha value is -3.85. The van der Waals surface area contributed by atoms with Gasteiger partial charge in [0.05, 0.1) is 23.7 Å². The van der Waals surface area contributed by atoms with Crippen molar-refractivity contribution < 1.29 is 9.53 Å². The normalized spacial score (nSPS) is 18.5. The molecule has 3 heterocycles. The highest BCUT2D eigenvalue weighted by molar-refractivity contribution is 6.15. The van der Waals surface area contributed by atoms with Crippen LogP contribution in [0.4, 0.5) is 11.5 Å². The van der Waals surface area contributed by atoms with Crippen LogP contribution in [0.2, 0.25) is 0 Å². The van der Waals surface area contributed by atoms with E-state index < -0.39 is 0 Å². The molecular weight excluding hydrogens is 418 g/mol. The van der Waals surface area contributed by atoms with Gasteiger partial charge in [0.25, 0.3) is 5.91 Å². The van der Waals surface area contributed by atoms with Crippen molar-refractivity contribution in [1.29, 1.82) is 0 Å². The number of anilines is 2. The average molecular weight is 444 g/mol. The van der Waals surface area contributed by atoms with E-state index in [1.807, 2.05) is 30.3 Å². The van der Waals surface area contributed by atoms with E-state index in [4.69, 9.17) is 4.74 Å². The maximum atomic E-state index is 13.4. The minimum absolute atomic E-state index is 0.211. The molecule has 1 saturated heterocycles. The van der Waals surface area contributed by atoms with Gasteiger partial charge < -0.3 is 20.3 Å². The summed E-state index contributed by atoms with van der Waals surface area (Å²) in [6, 6.07) is 12.2. The molecule has 2 aromatic carbocycles. The number of hydrogen-bond acceptors (Lipinski definition) is 8. The number of fused-ring (bicyclic) bond motifs is 2. The van der Waals surface area contributed by atoms with Crippen LogP contribution in [0, 0.1) is 0 Å². The average Bonchev–Trinajstić information content (AvgIpc) is 2.82. The Kier molecular flexibility index (Phi) is 5.47. The summed E-state index contributed by atoms with van der Waals surface area (Å²) in [5.41, 5.74) is 2.72. The predicted molar refractivity (Wildman–Crippen MR) is 128 cm³/mol. The van der Waals surface area contributed by atoms with Crippen LogP contribution < -0.4 is 20.3 Å². The summed E-state index contributed by atoms with van der Waals surface area (Å²) in [6.07, 6.45) is 3.17. The van der Waals surface area contributed by atoms with Crippen LogP contribution in [0.25, 0.3) is 21.8 Å². The number of aromatic nitrogens is 4. The highest BCUT2D eigenvalue weighted by Crippen LogP contribution is 2.31. The van der Waals surface area contributed by atoms with E-state index in [0.717, 1.165) is 35.1 Å². The lowest BCUT2D eigenvalue weighted by Crippen LogP contribution is -2.54. The number of ether oxygens (including phenoxy) is 1. The first-order chi connectivity index (χ1) is 16.0. The SMILES string of the molecule is COc1ncc2c(N3C[C@@H](C)N[C@H](C)C3)ccc(C(=O)Nc3ncnc4ccccc34)c2n1. The number of nitrogens with zero attached hydrogens (tertiary/aromatic N) is 5. The molecular formula is C24H25N7O2. The smallest absolute Gasteiger partial charge is 0.316 e. The van der Waals surface area contributed by atoms with Crippen molar-refractivity contribution in [2.45, 2.75) is 25.9 Å². The Morgan fingerprint density at radius 3 is 2.64 bits per heavy atom. The third kappa shape index (κ3) is 4.03. The number of nitrogens with one attached hydrogen (secondary N) is 2. The predicted octanol–water partition coefficient (Wildman–Crippen LogP) is 3.02. The van der Waals surface area contributed by atoms with Gasteiger partial charge in [-0.2, -0.15) is 4.98 Å². The lowest BCUT2D eigenvalue weighted by Gasteiger charge is -2.38. The molecule has 1 aliphatic rings. The van der Waals surface area contributed by atoms with Gasteiger partial charge >= 0.3 is 6.01 Å². The molecule has 1 fully saturated rings. The van der Waals surface area contributed by atoms with Crippen molar-refractivity contribution in [3.8, 4) is 6.01 Å². The fourth-order valence-electron chi connectivity index (χ4n) is 4.45. The quantitative estimate of drug-likeness (QED) is 0.496. The summed E-state index contributed by atoms with van der Waals surface area (Å²) in [4.78, 5) is 33.1. The molecule has 168 valence electrons. The number of benzene rings is 2. The van der Waals surface area contributed by atoms with Crippen molar-refractivity contribution in [2.24, 2.45) is 0 Å². The summed E-state index contributed by atoms with van der Waals surface area (Å²) in [5.74, 6) is 0.145. The highest BCUT2D eigenvalue weighted by atomic mass is 16.5. The van der Waals surface area contributed by atoms with Gasteiger partial charge in [-0.05, 0) is 38.1 Å². The fraction of sp³-hybridized carbons (Fsp3) is 0.292. The Balaban J connectivity index is 1.57. The van der Waals surface area contributed by atoms with Crippen LogP contribution in [0.1, 0.15) is 24.2 Å². The van der Waals surface area contributed by atoms with E-state index in [0.29, 0.717) is 29.0 Å². The number of amides is 1. The van der Waals surface area contributed by atoms with Crippen LogP contribution >= 0.6 is 0 Å². The molecule has 5 rings (SSSR count). The molecule has 0 radical (unpaired) electrons. The van der Waals surface area contributed by atoms with E-state index in [1.54, 1.807) is 12.3 Å².